The van der Waals surface area contributed by atoms with Gasteiger partial charge >= 0.3 is 0 Å². The molecule has 0 amide bonds. The van der Waals surface area contributed by atoms with Crippen molar-refractivity contribution >= 4 is 0 Å². The molecule has 3 fully saturated rings. The maximum atomic E-state index is 12.0. The summed E-state index contributed by atoms with van der Waals surface area (Å²) >= 11 is 0. The molecule has 0 aliphatic heterocycles. The summed E-state index contributed by atoms with van der Waals surface area (Å²) in [4.78, 5) is 0. The Hall–Kier alpha value is -1.10. The maximum Gasteiger partial charge on any atom is 0.119 e. The van der Waals surface area contributed by atoms with E-state index >= 15 is 0 Å². The zero-order valence-electron chi connectivity index (χ0n) is 40.2. The largest absolute Gasteiger partial charge is 0.508 e. The highest BCUT2D eigenvalue weighted by Gasteiger charge is 2.43. The normalized spacial score (nSPS) is 20.0. The molecule has 336 valence electrons. The van der Waals surface area contributed by atoms with Crippen LogP contribution in [-0.2, 0) is 33.5 Å². The first kappa shape index (κ1) is 49.6. The topological polar surface area (TPSA) is 47.9 Å². The highest BCUT2D eigenvalue weighted by molar-refractivity contribution is 5.46. The number of hydrogen-bond acceptors (Lipinski definition) is 4. The number of phenolic OH excluding ortho intramolecular Hbond substituents is 1. The maximum absolute atomic E-state index is 12.0. The highest BCUT2D eigenvalue weighted by Crippen LogP contribution is 2.45. The smallest absolute Gasteiger partial charge is 0.119 e. The highest BCUT2D eigenvalue weighted by atomic mass is 16.5. The fourth-order valence-electron chi connectivity index (χ4n) is 11.9. The van der Waals surface area contributed by atoms with Crippen LogP contribution in [0.3, 0.4) is 0 Å². The summed E-state index contributed by atoms with van der Waals surface area (Å²) in [6.07, 6.45) is 39.8. The van der Waals surface area contributed by atoms with Gasteiger partial charge in [-0.1, -0.05) is 162 Å². The minimum Gasteiger partial charge on any atom is -0.508 e. The number of rotatable bonds is 27. The van der Waals surface area contributed by atoms with Crippen LogP contribution >= 0.6 is 0 Å². The molecule has 4 nitrogen and oxygen atoms in total. The second-order valence-electron chi connectivity index (χ2n) is 22.0. The van der Waals surface area contributed by atoms with E-state index in [-0.39, 0.29) is 28.0 Å². The third-order valence-corrected chi connectivity index (χ3v) is 14.6. The summed E-state index contributed by atoms with van der Waals surface area (Å²) in [7, 11) is 0. The monoisotopic (exact) mass is 809 g/mol. The van der Waals surface area contributed by atoms with Gasteiger partial charge in [-0.3, -0.25) is 0 Å². The molecular formula is C54H96O4. The third-order valence-electron chi connectivity index (χ3n) is 14.6. The van der Waals surface area contributed by atoms with Crippen LogP contribution in [0.15, 0.2) is 12.1 Å². The van der Waals surface area contributed by atoms with E-state index in [0.29, 0.717) is 12.2 Å². The van der Waals surface area contributed by atoms with Crippen molar-refractivity contribution in [3.63, 3.8) is 0 Å². The van der Waals surface area contributed by atoms with Crippen LogP contribution in [0.5, 0.6) is 5.75 Å². The van der Waals surface area contributed by atoms with E-state index in [0.717, 1.165) is 37.7 Å². The Morgan fingerprint density at radius 2 is 0.759 bits per heavy atom. The van der Waals surface area contributed by atoms with Gasteiger partial charge in [0, 0.05) is 24.8 Å². The van der Waals surface area contributed by atoms with Gasteiger partial charge in [-0.05, 0) is 117 Å². The van der Waals surface area contributed by atoms with Crippen molar-refractivity contribution in [3.8, 4) is 5.75 Å². The van der Waals surface area contributed by atoms with Crippen molar-refractivity contribution in [1.82, 2.24) is 0 Å². The van der Waals surface area contributed by atoms with Gasteiger partial charge < -0.3 is 19.3 Å². The van der Waals surface area contributed by atoms with Gasteiger partial charge in [-0.25, -0.2) is 0 Å². The van der Waals surface area contributed by atoms with E-state index in [1.54, 1.807) is 0 Å². The van der Waals surface area contributed by atoms with E-state index in [1.165, 1.54) is 184 Å². The van der Waals surface area contributed by atoms with Gasteiger partial charge in [0.25, 0.3) is 0 Å². The molecule has 0 bridgehead atoms. The van der Waals surface area contributed by atoms with Gasteiger partial charge in [0.1, 0.15) is 5.75 Å². The van der Waals surface area contributed by atoms with E-state index in [9.17, 15) is 5.11 Å². The van der Waals surface area contributed by atoms with Crippen LogP contribution in [0.1, 0.15) is 272 Å². The zero-order valence-corrected chi connectivity index (χ0v) is 40.2. The molecule has 1 aromatic rings. The number of phenols is 1. The lowest BCUT2D eigenvalue weighted by Crippen LogP contribution is -2.46. The molecule has 0 atom stereocenters. The number of unbranched alkanes of at least 4 members (excludes halogenated alkanes) is 9. The van der Waals surface area contributed by atoms with Crippen LogP contribution < -0.4 is 0 Å². The van der Waals surface area contributed by atoms with Crippen LogP contribution in [0.4, 0.5) is 0 Å². The van der Waals surface area contributed by atoms with E-state index in [4.69, 9.17) is 14.2 Å². The summed E-state index contributed by atoms with van der Waals surface area (Å²) in [5, 5.41) is 12.0. The second kappa shape index (κ2) is 23.4. The Labute approximate surface area is 360 Å². The standard InChI is InChI=1S/C54H96O4/c1-10-13-16-22-33-52(36-25-19-26-37-52)56-49(4,5)42-45-31-32-48(55)47(44-51(8,9)58-54(35-24-18-15-12-3)40-29-21-30-41-54)46(45)43-50(6,7)57-53(34-23-17-14-11-2)38-27-20-28-39-53/h31-32,55H,10-30,33-44H2,1-9H3. The van der Waals surface area contributed by atoms with Crippen LogP contribution in [-0.4, -0.2) is 38.7 Å². The molecule has 0 saturated heterocycles. The molecule has 4 heteroatoms. The molecule has 3 saturated carbocycles. The lowest BCUT2D eigenvalue weighted by molar-refractivity contribution is -0.164. The molecule has 58 heavy (non-hydrogen) atoms. The quantitative estimate of drug-likeness (QED) is 0.0900. The van der Waals surface area contributed by atoms with E-state index in [2.05, 4.69) is 68.4 Å². The zero-order chi connectivity index (χ0) is 42.2. The second-order valence-corrected chi connectivity index (χ2v) is 22.0. The Morgan fingerprint density at radius 3 is 1.10 bits per heavy atom. The number of hydrogen-bond donors (Lipinski definition) is 1. The van der Waals surface area contributed by atoms with Crippen molar-refractivity contribution in [1.29, 1.82) is 0 Å². The first-order valence-electron chi connectivity index (χ1n) is 25.5. The van der Waals surface area contributed by atoms with Crippen molar-refractivity contribution in [2.75, 3.05) is 0 Å². The van der Waals surface area contributed by atoms with Crippen LogP contribution in [0.2, 0.25) is 0 Å². The number of benzene rings is 1. The van der Waals surface area contributed by atoms with Crippen LogP contribution in [0, 0.1) is 0 Å². The summed E-state index contributed by atoms with van der Waals surface area (Å²) < 4.78 is 22.4. The molecule has 0 radical (unpaired) electrons. The number of aromatic hydroxyl groups is 1. The molecule has 3 aliphatic carbocycles. The van der Waals surface area contributed by atoms with E-state index in [1.807, 2.05) is 6.07 Å². The van der Waals surface area contributed by atoms with Gasteiger partial charge in [-0.2, -0.15) is 0 Å². The summed E-state index contributed by atoms with van der Waals surface area (Å²) in [5.74, 6) is 0.414. The van der Waals surface area contributed by atoms with Crippen LogP contribution in [0.25, 0.3) is 0 Å². The van der Waals surface area contributed by atoms with Crippen molar-refractivity contribution in [3.05, 3.63) is 28.8 Å². The average molecular weight is 809 g/mol. The van der Waals surface area contributed by atoms with Crippen molar-refractivity contribution < 1.29 is 19.3 Å². The predicted molar refractivity (Wildman–Crippen MR) is 248 cm³/mol. The van der Waals surface area contributed by atoms with Crippen molar-refractivity contribution in [2.24, 2.45) is 0 Å². The third kappa shape index (κ3) is 16.0. The Kier molecular flexibility index (Phi) is 20.0. The van der Waals surface area contributed by atoms with Crippen molar-refractivity contribution in [2.45, 2.75) is 308 Å². The minimum absolute atomic E-state index is 0.0236. The summed E-state index contributed by atoms with van der Waals surface area (Å²) in [5.41, 5.74) is 2.39. The van der Waals surface area contributed by atoms with E-state index < -0.39 is 5.60 Å². The summed E-state index contributed by atoms with van der Waals surface area (Å²) in [6.45, 7) is 20.9. The summed E-state index contributed by atoms with van der Waals surface area (Å²) in [6, 6.07) is 4.22. The average Bonchev–Trinajstić information content (AvgIpc) is 3.17. The molecule has 1 N–H and O–H groups in total. The molecule has 1 aromatic carbocycles. The fourth-order valence-corrected chi connectivity index (χ4v) is 11.9. The first-order chi connectivity index (χ1) is 27.6. The Bertz CT molecular complexity index is 1290. The first-order valence-corrected chi connectivity index (χ1v) is 25.5. The Morgan fingerprint density at radius 1 is 0.431 bits per heavy atom. The molecule has 0 heterocycles. The SMILES string of the molecule is CCCCCCC1(OC(C)(C)Cc2ccc(O)c(CC(C)(C)OC3(CCCCCC)CCCCC3)c2CC(C)(C)OC2(CCCCCC)CCCCC2)CCCCC1. The minimum atomic E-state index is -0.418. The molecule has 0 aromatic heterocycles. The molecular weight excluding hydrogens is 713 g/mol. The van der Waals surface area contributed by atoms with Gasteiger partial charge in [0.15, 0.2) is 0 Å². The molecule has 0 spiro atoms. The lowest BCUT2D eigenvalue weighted by atomic mass is 9.78. The number of ether oxygens (including phenoxy) is 3. The van der Waals surface area contributed by atoms with Gasteiger partial charge in [-0.15, -0.1) is 0 Å². The molecule has 4 rings (SSSR count). The molecule has 3 aliphatic rings. The molecule has 0 unspecified atom stereocenters. The predicted octanol–water partition coefficient (Wildman–Crippen LogP) is 16.4. The Balaban J connectivity index is 1.69. The van der Waals surface area contributed by atoms with Gasteiger partial charge in [0.2, 0.25) is 0 Å². The van der Waals surface area contributed by atoms with Gasteiger partial charge in [0.05, 0.1) is 33.6 Å². The lowest BCUT2D eigenvalue weighted by Gasteiger charge is -2.46. The fraction of sp³-hybridized carbons (Fsp3) is 0.889.